The summed E-state index contributed by atoms with van der Waals surface area (Å²) in [4.78, 5) is 24.9. The van der Waals surface area contributed by atoms with E-state index in [0.29, 0.717) is 11.6 Å². The van der Waals surface area contributed by atoms with Gasteiger partial charge in [0.15, 0.2) is 0 Å². The first-order chi connectivity index (χ1) is 8.97. The number of urea groups is 1. The Morgan fingerprint density at radius 1 is 1.47 bits per heavy atom. The first kappa shape index (κ1) is 14.1. The van der Waals surface area contributed by atoms with Gasteiger partial charge >= 0.3 is 12.0 Å². The Hall–Kier alpha value is -1.31. The summed E-state index contributed by atoms with van der Waals surface area (Å²) in [6.07, 6.45) is 0.992. The lowest BCUT2D eigenvalue weighted by atomic mass is 10.2. The maximum absolute atomic E-state index is 12.0. The minimum absolute atomic E-state index is 0.118. The van der Waals surface area contributed by atoms with Crippen molar-refractivity contribution in [3.05, 3.63) is 27.3 Å². The lowest BCUT2D eigenvalue weighted by molar-refractivity contribution is 0.0698. The van der Waals surface area contributed by atoms with Crippen LogP contribution in [0.25, 0.3) is 0 Å². The number of halogens is 1. The molecule has 0 spiro atoms. The predicted molar refractivity (Wildman–Crippen MR) is 80.5 cm³/mol. The van der Waals surface area contributed by atoms with Crippen LogP contribution in [0, 0.1) is 9.49 Å². The lowest BCUT2D eigenvalue weighted by Gasteiger charge is -2.17. The van der Waals surface area contributed by atoms with Crippen molar-refractivity contribution in [2.75, 3.05) is 18.4 Å². The maximum Gasteiger partial charge on any atom is 0.337 e. The van der Waals surface area contributed by atoms with Gasteiger partial charge in [0.1, 0.15) is 0 Å². The van der Waals surface area contributed by atoms with Crippen LogP contribution < -0.4 is 5.32 Å². The summed E-state index contributed by atoms with van der Waals surface area (Å²) < 4.78 is 0.822. The van der Waals surface area contributed by atoms with E-state index in [9.17, 15) is 9.59 Å². The van der Waals surface area contributed by atoms with Gasteiger partial charge in [-0.2, -0.15) is 0 Å². The van der Waals surface area contributed by atoms with E-state index in [1.165, 1.54) is 0 Å². The van der Waals surface area contributed by atoms with E-state index in [0.717, 1.165) is 23.1 Å². The number of amides is 2. The highest BCUT2D eigenvalue weighted by Crippen LogP contribution is 2.21. The third-order valence-electron chi connectivity index (χ3n) is 3.16. The smallest absolute Gasteiger partial charge is 0.337 e. The number of carboxylic acid groups (broad SMARTS) is 1. The molecule has 102 valence electrons. The van der Waals surface area contributed by atoms with Crippen LogP contribution in [0.1, 0.15) is 23.7 Å². The van der Waals surface area contributed by atoms with Gasteiger partial charge in [-0.15, -0.1) is 0 Å². The summed E-state index contributed by atoms with van der Waals surface area (Å²) >= 11 is 2.04. The first-order valence-electron chi connectivity index (χ1n) is 6.06. The van der Waals surface area contributed by atoms with E-state index in [1.807, 2.05) is 22.6 Å². The van der Waals surface area contributed by atoms with Gasteiger partial charge in [0, 0.05) is 16.7 Å². The number of carbonyl (C=O) groups excluding carboxylic acids is 1. The third kappa shape index (κ3) is 3.37. The predicted octanol–water partition coefficient (Wildman–Crippen LogP) is 2.86. The zero-order valence-corrected chi connectivity index (χ0v) is 12.7. The van der Waals surface area contributed by atoms with Crippen molar-refractivity contribution in [2.24, 2.45) is 5.92 Å². The van der Waals surface area contributed by atoms with Crippen LogP contribution in [0.2, 0.25) is 0 Å². The molecule has 0 bridgehead atoms. The molecule has 1 aromatic rings. The van der Waals surface area contributed by atoms with E-state index in [2.05, 4.69) is 12.2 Å². The van der Waals surface area contributed by atoms with Gasteiger partial charge in [0.2, 0.25) is 0 Å². The molecule has 19 heavy (non-hydrogen) atoms. The number of hydrogen-bond acceptors (Lipinski definition) is 2. The SMILES string of the molecule is CC1CCN(C(=O)Nc2ccc(I)cc2C(=O)O)C1. The molecule has 1 aromatic carbocycles. The summed E-state index contributed by atoms with van der Waals surface area (Å²) in [6.45, 7) is 3.54. The molecular weight excluding hydrogens is 359 g/mol. The number of nitrogens with zero attached hydrogens (tertiary/aromatic N) is 1. The summed E-state index contributed by atoms with van der Waals surface area (Å²) in [5.74, 6) is -0.537. The van der Waals surface area contributed by atoms with Crippen LogP contribution >= 0.6 is 22.6 Å². The van der Waals surface area contributed by atoms with Crippen molar-refractivity contribution >= 4 is 40.3 Å². The zero-order valence-electron chi connectivity index (χ0n) is 10.5. The number of rotatable bonds is 2. The number of benzene rings is 1. The van der Waals surface area contributed by atoms with Crippen LogP contribution in [0.15, 0.2) is 18.2 Å². The van der Waals surface area contributed by atoms with Gasteiger partial charge in [-0.3, -0.25) is 0 Å². The Balaban J connectivity index is 2.14. The quantitative estimate of drug-likeness (QED) is 0.783. The minimum Gasteiger partial charge on any atom is -0.478 e. The van der Waals surface area contributed by atoms with Crippen molar-refractivity contribution in [1.82, 2.24) is 4.90 Å². The molecular formula is C13H15IN2O3. The number of carboxylic acids is 1. The molecule has 2 rings (SSSR count). The second-order valence-electron chi connectivity index (χ2n) is 4.77. The fraction of sp³-hybridized carbons (Fsp3) is 0.385. The second-order valence-corrected chi connectivity index (χ2v) is 6.01. The molecule has 1 fully saturated rings. The summed E-state index contributed by atoms with van der Waals surface area (Å²) in [5, 5.41) is 11.8. The lowest BCUT2D eigenvalue weighted by Crippen LogP contribution is -2.33. The number of nitrogens with one attached hydrogen (secondary N) is 1. The van der Waals surface area contributed by atoms with Gasteiger partial charge < -0.3 is 15.3 Å². The molecule has 0 radical (unpaired) electrons. The molecule has 1 unspecified atom stereocenters. The fourth-order valence-corrected chi connectivity index (χ4v) is 2.61. The van der Waals surface area contributed by atoms with E-state index >= 15 is 0 Å². The number of anilines is 1. The van der Waals surface area contributed by atoms with Crippen LogP contribution in [0.4, 0.5) is 10.5 Å². The maximum atomic E-state index is 12.0. The van der Waals surface area contributed by atoms with Gasteiger partial charge in [-0.1, -0.05) is 6.92 Å². The van der Waals surface area contributed by atoms with Gasteiger partial charge in [0.25, 0.3) is 0 Å². The number of hydrogen-bond donors (Lipinski definition) is 2. The standard InChI is InChI=1S/C13H15IN2O3/c1-8-4-5-16(7-8)13(19)15-11-3-2-9(14)6-10(11)12(17)18/h2-3,6,8H,4-5,7H2,1H3,(H,15,19)(H,17,18). The number of aromatic carboxylic acids is 1. The molecule has 0 saturated carbocycles. The van der Waals surface area contributed by atoms with Crippen LogP contribution in [0.3, 0.4) is 0 Å². The zero-order chi connectivity index (χ0) is 14.0. The van der Waals surface area contributed by atoms with Crippen molar-refractivity contribution in [1.29, 1.82) is 0 Å². The van der Waals surface area contributed by atoms with Gasteiger partial charge in [-0.25, -0.2) is 9.59 Å². The van der Waals surface area contributed by atoms with E-state index < -0.39 is 5.97 Å². The summed E-state index contributed by atoms with van der Waals surface area (Å²) in [7, 11) is 0. The van der Waals surface area contributed by atoms with Crippen LogP contribution in [0.5, 0.6) is 0 Å². The Kier molecular flexibility index (Phi) is 4.28. The molecule has 1 aliphatic heterocycles. The highest BCUT2D eigenvalue weighted by Gasteiger charge is 2.24. The van der Waals surface area contributed by atoms with E-state index in [1.54, 1.807) is 23.1 Å². The van der Waals surface area contributed by atoms with Crippen LogP contribution in [-0.4, -0.2) is 35.1 Å². The molecule has 1 atom stereocenters. The van der Waals surface area contributed by atoms with Crippen molar-refractivity contribution in [3.8, 4) is 0 Å². The number of carbonyl (C=O) groups is 2. The van der Waals surface area contributed by atoms with Crippen molar-refractivity contribution < 1.29 is 14.7 Å². The average molecular weight is 374 g/mol. The Morgan fingerprint density at radius 2 is 2.21 bits per heavy atom. The van der Waals surface area contributed by atoms with E-state index in [4.69, 9.17) is 5.11 Å². The Bertz CT molecular complexity index is 519. The van der Waals surface area contributed by atoms with Gasteiger partial charge in [-0.05, 0) is 53.1 Å². The average Bonchev–Trinajstić information content (AvgIpc) is 2.78. The molecule has 0 aromatic heterocycles. The largest absolute Gasteiger partial charge is 0.478 e. The van der Waals surface area contributed by atoms with Crippen molar-refractivity contribution in [3.63, 3.8) is 0 Å². The Labute approximate surface area is 125 Å². The van der Waals surface area contributed by atoms with Crippen LogP contribution in [-0.2, 0) is 0 Å². The normalized spacial score (nSPS) is 18.4. The van der Waals surface area contributed by atoms with E-state index in [-0.39, 0.29) is 11.6 Å². The fourth-order valence-electron chi connectivity index (χ4n) is 2.12. The van der Waals surface area contributed by atoms with Gasteiger partial charge in [0.05, 0.1) is 11.3 Å². The monoisotopic (exact) mass is 374 g/mol. The number of likely N-dealkylation sites (tertiary alicyclic amines) is 1. The minimum atomic E-state index is -1.04. The second kappa shape index (κ2) is 5.77. The summed E-state index contributed by atoms with van der Waals surface area (Å²) in [6, 6.07) is 4.72. The molecule has 5 nitrogen and oxygen atoms in total. The molecule has 1 saturated heterocycles. The molecule has 6 heteroatoms. The molecule has 0 aliphatic carbocycles. The first-order valence-corrected chi connectivity index (χ1v) is 7.14. The Morgan fingerprint density at radius 3 is 2.79 bits per heavy atom. The molecule has 1 heterocycles. The molecule has 2 N–H and O–H groups in total. The van der Waals surface area contributed by atoms with Crippen molar-refractivity contribution in [2.45, 2.75) is 13.3 Å². The third-order valence-corrected chi connectivity index (χ3v) is 3.84. The molecule has 1 aliphatic rings. The highest BCUT2D eigenvalue weighted by atomic mass is 127. The highest BCUT2D eigenvalue weighted by molar-refractivity contribution is 14.1. The topological polar surface area (TPSA) is 69.6 Å². The molecule has 2 amide bonds. The summed E-state index contributed by atoms with van der Waals surface area (Å²) in [5.41, 5.74) is 0.463.